The molecule has 3 rings (SSSR count). The first-order chi connectivity index (χ1) is 10.2. The van der Waals surface area contributed by atoms with E-state index in [1.807, 2.05) is 23.1 Å². The summed E-state index contributed by atoms with van der Waals surface area (Å²) in [7, 11) is -3.36. The molecule has 2 heterocycles. The summed E-state index contributed by atoms with van der Waals surface area (Å²) >= 11 is 0. The zero-order valence-electron chi connectivity index (χ0n) is 11.7. The maximum absolute atomic E-state index is 12.9. The molecular weight excluding hydrogens is 284 g/mol. The molecule has 0 aliphatic carbocycles. The van der Waals surface area contributed by atoms with E-state index in [0.29, 0.717) is 11.3 Å². The van der Waals surface area contributed by atoms with Gasteiger partial charge in [-0.05, 0) is 43.5 Å². The van der Waals surface area contributed by atoms with Gasteiger partial charge >= 0.3 is 0 Å². The molecule has 1 unspecified atom stereocenters. The quantitative estimate of drug-likeness (QED) is 0.875. The van der Waals surface area contributed by atoms with Gasteiger partial charge < -0.3 is 4.90 Å². The van der Waals surface area contributed by atoms with Crippen molar-refractivity contribution >= 4 is 15.5 Å². The van der Waals surface area contributed by atoms with E-state index >= 15 is 0 Å². The molecule has 0 bridgehead atoms. The summed E-state index contributed by atoms with van der Waals surface area (Å²) in [5.74, 6) is 0. The van der Waals surface area contributed by atoms with Crippen LogP contribution in [0.4, 0.5) is 5.69 Å². The molecule has 0 saturated carbocycles. The first-order valence-corrected chi connectivity index (χ1v) is 8.70. The second kappa shape index (κ2) is 5.85. The van der Waals surface area contributed by atoms with Crippen molar-refractivity contribution in [1.29, 1.82) is 0 Å². The van der Waals surface area contributed by atoms with Crippen LogP contribution in [0.25, 0.3) is 0 Å². The zero-order chi connectivity index (χ0) is 14.7. The Labute approximate surface area is 125 Å². The van der Waals surface area contributed by atoms with E-state index in [1.54, 1.807) is 36.7 Å². The van der Waals surface area contributed by atoms with Crippen LogP contribution in [0.2, 0.25) is 0 Å². The van der Waals surface area contributed by atoms with Crippen molar-refractivity contribution in [2.75, 3.05) is 11.4 Å². The van der Waals surface area contributed by atoms with Crippen molar-refractivity contribution in [3.63, 3.8) is 0 Å². The highest BCUT2D eigenvalue weighted by Crippen LogP contribution is 2.30. The summed E-state index contributed by atoms with van der Waals surface area (Å²) < 4.78 is 25.8. The summed E-state index contributed by atoms with van der Waals surface area (Å²) in [6.07, 6.45) is 6.04. The van der Waals surface area contributed by atoms with Gasteiger partial charge in [0.15, 0.2) is 9.84 Å². The summed E-state index contributed by atoms with van der Waals surface area (Å²) in [5, 5.41) is -0.502. The summed E-state index contributed by atoms with van der Waals surface area (Å²) in [5.41, 5.74) is 0.877. The number of pyridine rings is 1. The molecule has 0 amide bonds. The van der Waals surface area contributed by atoms with Crippen LogP contribution in [-0.4, -0.2) is 25.3 Å². The van der Waals surface area contributed by atoms with Crippen LogP contribution in [0.3, 0.4) is 0 Å². The van der Waals surface area contributed by atoms with Gasteiger partial charge in [0, 0.05) is 12.7 Å². The van der Waals surface area contributed by atoms with Gasteiger partial charge in [-0.3, -0.25) is 4.98 Å². The first kappa shape index (κ1) is 14.1. The van der Waals surface area contributed by atoms with Gasteiger partial charge in [-0.15, -0.1) is 0 Å². The van der Waals surface area contributed by atoms with Crippen LogP contribution in [-0.2, 0) is 9.84 Å². The lowest BCUT2D eigenvalue weighted by Gasteiger charge is -2.36. The van der Waals surface area contributed by atoms with E-state index in [9.17, 15) is 8.42 Å². The van der Waals surface area contributed by atoms with E-state index in [-0.39, 0.29) is 0 Å². The topological polar surface area (TPSA) is 50.3 Å². The number of anilines is 1. The minimum atomic E-state index is -3.36. The molecule has 1 aliphatic rings. The number of rotatable bonds is 3. The van der Waals surface area contributed by atoms with Crippen molar-refractivity contribution < 1.29 is 8.42 Å². The molecule has 110 valence electrons. The lowest BCUT2D eigenvalue weighted by atomic mass is 10.1. The molecule has 4 nitrogen and oxygen atoms in total. The van der Waals surface area contributed by atoms with Crippen LogP contribution in [0.15, 0.2) is 59.8 Å². The fourth-order valence-corrected chi connectivity index (χ4v) is 4.70. The number of aromatic nitrogens is 1. The predicted molar refractivity (Wildman–Crippen MR) is 82.8 cm³/mol. The Morgan fingerprint density at radius 3 is 2.57 bits per heavy atom. The van der Waals surface area contributed by atoms with Gasteiger partial charge in [-0.2, -0.15) is 0 Å². The van der Waals surface area contributed by atoms with E-state index in [1.165, 1.54) is 0 Å². The van der Waals surface area contributed by atoms with Gasteiger partial charge in [0.2, 0.25) is 0 Å². The first-order valence-electron chi connectivity index (χ1n) is 7.15. The van der Waals surface area contributed by atoms with Crippen molar-refractivity contribution in [2.45, 2.75) is 29.5 Å². The second-order valence-electron chi connectivity index (χ2n) is 5.21. The van der Waals surface area contributed by atoms with Crippen molar-refractivity contribution in [3.8, 4) is 0 Å². The van der Waals surface area contributed by atoms with Crippen LogP contribution < -0.4 is 4.90 Å². The SMILES string of the molecule is O=S(=O)(c1ccccc1)C1CCCCN1c1cccnc1. The summed E-state index contributed by atoms with van der Waals surface area (Å²) in [6.45, 7) is 0.752. The van der Waals surface area contributed by atoms with E-state index in [0.717, 1.165) is 25.1 Å². The van der Waals surface area contributed by atoms with Gasteiger partial charge in [-0.25, -0.2) is 8.42 Å². The molecule has 1 aliphatic heterocycles. The number of hydrogen-bond donors (Lipinski definition) is 0. The average Bonchev–Trinajstić information content (AvgIpc) is 2.56. The van der Waals surface area contributed by atoms with Gasteiger partial charge in [0.1, 0.15) is 5.37 Å². The molecule has 21 heavy (non-hydrogen) atoms. The number of hydrogen-bond acceptors (Lipinski definition) is 4. The molecule has 0 N–H and O–H groups in total. The largest absolute Gasteiger partial charge is 0.353 e. The minimum absolute atomic E-state index is 0.394. The van der Waals surface area contributed by atoms with Crippen LogP contribution >= 0.6 is 0 Å². The van der Waals surface area contributed by atoms with Crippen molar-refractivity contribution in [3.05, 3.63) is 54.9 Å². The number of nitrogens with zero attached hydrogens (tertiary/aromatic N) is 2. The standard InChI is InChI=1S/C16H18N2O2S/c19-21(20,15-8-2-1-3-9-15)16-10-4-5-12-18(16)14-7-6-11-17-13-14/h1-3,6-9,11,13,16H,4-5,10,12H2. The highest BCUT2D eigenvalue weighted by atomic mass is 32.2. The van der Waals surface area contributed by atoms with Crippen molar-refractivity contribution in [2.24, 2.45) is 0 Å². The Morgan fingerprint density at radius 1 is 1.05 bits per heavy atom. The second-order valence-corrected chi connectivity index (χ2v) is 7.32. The third kappa shape index (κ3) is 2.78. The maximum Gasteiger partial charge on any atom is 0.199 e. The average molecular weight is 302 g/mol. The molecule has 0 spiro atoms. The molecular formula is C16H18N2O2S. The maximum atomic E-state index is 12.9. The molecule has 1 fully saturated rings. The monoisotopic (exact) mass is 302 g/mol. The Hall–Kier alpha value is -1.88. The zero-order valence-corrected chi connectivity index (χ0v) is 12.5. The smallest absolute Gasteiger partial charge is 0.199 e. The molecule has 2 aromatic rings. The predicted octanol–water partition coefficient (Wildman–Crippen LogP) is 2.87. The summed E-state index contributed by atoms with van der Waals surface area (Å²) in [6, 6.07) is 12.5. The summed E-state index contributed by atoms with van der Waals surface area (Å²) in [4.78, 5) is 6.48. The van der Waals surface area contributed by atoms with E-state index < -0.39 is 15.2 Å². The van der Waals surface area contributed by atoms with Crippen molar-refractivity contribution in [1.82, 2.24) is 4.98 Å². The number of sulfone groups is 1. The molecule has 5 heteroatoms. The number of benzene rings is 1. The number of piperidine rings is 1. The van der Waals surface area contributed by atoms with Crippen LogP contribution in [0.1, 0.15) is 19.3 Å². The van der Waals surface area contributed by atoms with Crippen LogP contribution in [0, 0.1) is 0 Å². The van der Waals surface area contributed by atoms with Gasteiger partial charge in [-0.1, -0.05) is 18.2 Å². The highest BCUT2D eigenvalue weighted by molar-refractivity contribution is 7.92. The fraction of sp³-hybridized carbons (Fsp3) is 0.312. The lowest BCUT2D eigenvalue weighted by molar-refractivity contribution is 0.507. The molecule has 1 aromatic heterocycles. The van der Waals surface area contributed by atoms with E-state index in [2.05, 4.69) is 4.98 Å². The molecule has 1 aromatic carbocycles. The molecule has 0 radical (unpaired) electrons. The fourth-order valence-electron chi connectivity index (χ4n) is 2.81. The Bertz CT molecular complexity index is 687. The molecule has 1 saturated heterocycles. The Kier molecular flexibility index (Phi) is 3.92. The van der Waals surface area contributed by atoms with Crippen LogP contribution in [0.5, 0.6) is 0 Å². The van der Waals surface area contributed by atoms with E-state index in [4.69, 9.17) is 0 Å². The van der Waals surface area contributed by atoms with Gasteiger partial charge in [0.05, 0.1) is 16.8 Å². The molecule has 1 atom stereocenters. The normalized spacial score (nSPS) is 19.4. The lowest BCUT2D eigenvalue weighted by Crippen LogP contribution is -2.44. The highest BCUT2D eigenvalue weighted by Gasteiger charge is 2.34. The Balaban J connectivity index is 1.99. The Morgan fingerprint density at radius 2 is 1.86 bits per heavy atom. The van der Waals surface area contributed by atoms with Gasteiger partial charge in [0.25, 0.3) is 0 Å². The minimum Gasteiger partial charge on any atom is -0.353 e. The third-order valence-electron chi connectivity index (χ3n) is 3.86. The third-order valence-corrected chi connectivity index (χ3v) is 5.99.